The molecule has 8 aliphatic heterocycles. The van der Waals surface area contributed by atoms with E-state index in [1.54, 1.807) is 80.4 Å². The summed E-state index contributed by atoms with van der Waals surface area (Å²) in [5, 5.41) is 25.1. The minimum atomic E-state index is -0.0918. The number of piperidine rings is 8. The summed E-state index contributed by atoms with van der Waals surface area (Å²) in [6.07, 6.45) is 35.4. The van der Waals surface area contributed by atoms with Gasteiger partial charge in [-0.2, -0.15) is 35.4 Å². The molecule has 4 saturated carbocycles. The second-order valence-electron chi connectivity index (χ2n) is 32.8. The Bertz CT molecular complexity index is 5390. The van der Waals surface area contributed by atoms with Crippen LogP contribution in [0.1, 0.15) is 158 Å². The maximum absolute atomic E-state index is 13.7. The number of pyridine rings is 7. The molecule has 11 aromatic heterocycles. The number of nitrogens with zero attached hydrogens (tertiary/aromatic N) is 22. The molecule has 12 unspecified atom stereocenters. The van der Waals surface area contributed by atoms with Crippen LogP contribution < -0.4 is 18.9 Å². The molecule has 24 rings (SSSR count). The van der Waals surface area contributed by atoms with Crippen molar-refractivity contribution >= 4 is 23.6 Å². The second kappa shape index (κ2) is 35.2. The lowest BCUT2D eigenvalue weighted by molar-refractivity contribution is -0.0316. The fourth-order valence-corrected chi connectivity index (χ4v) is 18.2. The Hall–Kier alpha value is -13.2. The normalized spacial score (nSPS) is 22.8. The van der Waals surface area contributed by atoms with Crippen LogP contribution in [0.5, 0.6) is 23.5 Å². The summed E-state index contributed by atoms with van der Waals surface area (Å²) >= 11 is 0. The largest absolute Gasteiger partial charge is 0.472 e. The van der Waals surface area contributed by atoms with Crippen molar-refractivity contribution in [2.45, 2.75) is 174 Å². The van der Waals surface area contributed by atoms with Crippen LogP contribution in [0.15, 0.2) is 190 Å². The third-order valence-corrected chi connectivity index (χ3v) is 24.0. The number of hydrogen-bond acceptors (Lipinski definition) is 23. The Kier molecular flexibility index (Phi) is 23.3. The molecular weight excluding hydrogens is 1520 g/mol. The molecule has 120 heavy (non-hydrogen) atoms. The Balaban J connectivity index is 0.000000114. The van der Waals surface area contributed by atoms with E-state index in [0.717, 1.165) is 142 Å². The van der Waals surface area contributed by atoms with Gasteiger partial charge in [-0.3, -0.25) is 24.2 Å². The van der Waals surface area contributed by atoms with E-state index in [-0.39, 0.29) is 72.2 Å². The highest BCUT2D eigenvalue weighted by atomic mass is 16.5. The van der Waals surface area contributed by atoms with Crippen molar-refractivity contribution in [1.29, 1.82) is 0 Å². The quantitative estimate of drug-likeness (QED) is 0.0867. The van der Waals surface area contributed by atoms with Crippen LogP contribution in [0, 0.1) is 72.1 Å². The number of aromatic nitrogens is 18. The molecule has 4 amide bonds. The first kappa shape index (κ1) is 79.3. The van der Waals surface area contributed by atoms with Crippen molar-refractivity contribution < 1.29 is 38.1 Å². The molecular formula is C90H96N22O8. The van der Waals surface area contributed by atoms with E-state index < -0.39 is 0 Å². The molecule has 12 aliphatic rings. The molecule has 8 bridgehead atoms. The van der Waals surface area contributed by atoms with Crippen LogP contribution in [-0.4, -0.2) is 208 Å². The minimum absolute atomic E-state index is 0.00588. The van der Waals surface area contributed by atoms with Gasteiger partial charge in [0.15, 0.2) is 17.3 Å². The van der Waals surface area contributed by atoms with Crippen LogP contribution in [0.2, 0.25) is 0 Å². The number of carbonyl (C=O) groups is 4. The average molecular weight is 1610 g/mol. The van der Waals surface area contributed by atoms with E-state index in [2.05, 4.69) is 75.4 Å². The Morgan fingerprint density at radius 1 is 0.325 bits per heavy atom. The highest BCUT2D eigenvalue weighted by molar-refractivity contribution is 6.00. The van der Waals surface area contributed by atoms with Crippen molar-refractivity contribution in [2.75, 3.05) is 26.2 Å². The van der Waals surface area contributed by atoms with Crippen molar-refractivity contribution in [3.8, 4) is 52.1 Å². The number of para-hydroxylation sites is 1. The van der Waals surface area contributed by atoms with E-state index in [4.69, 9.17) is 18.9 Å². The second-order valence-corrected chi connectivity index (χ2v) is 32.8. The molecule has 12 fully saturated rings. The van der Waals surface area contributed by atoms with Gasteiger partial charge >= 0.3 is 0 Å². The molecule has 1 aromatic carbocycles. The summed E-state index contributed by atoms with van der Waals surface area (Å²) in [5.41, 5.74) is 10.9. The molecule has 12 aromatic rings. The van der Waals surface area contributed by atoms with E-state index in [9.17, 15) is 19.2 Å². The lowest BCUT2D eigenvalue weighted by Gasteiger charge is -2.49. The molecule has 30 heteroatoms. The maximum Gasteiger partial charge on any atom is 0.275 e. The third kappa shape index (κ3) is 17.5. The highest BCUT2D eigenvalue weighted by Gasteiger charge is 2.50. The first-order valence-corrected chi connectivity index (χ1v) is 41.4. The first-order valence-electron chi connectivity index (χ1n) is 41.4. The lowest BCUT2D eigenvalue weighted by atomic mass is 9.77. The topological polar surface area (TPSA) is 326 Å². The van der Waals surface area contributed by atoms with Gasteiger partial charge in [0.05, 0.1) is 83.7 Å². The van der Waals surface area contributed by atoms with Crippen LogP contribution in [0.3, 0.4) is 0 Å². The number of amides is 4. The summed E-state index contributed by atoms with van der Waals surface area (Å²) in [5.74, 6) is 4.96. The fraction of sp³-hybridized carbons (Fsp3) is 0.389. The number of carbonyl (C=O) groups excluding carboxylic acids is 4. The highest BCUT2D eigenvalue weighted by Crippen LogP contribution is 2.43. The molecule has 0 N–H and O–H groups in total. The van der Waals surface area contributed by atoms with Gasteiger partial charge in [0.25, 0.3) is 23.6 Å². The number of fused-ring (bicyclic) bond motifs is 12. The monoisotopic (exact) mass is 1610 g/mol. The smallest absolute Gasteiger partial charge is 0.275 e. The minimum Gasteiger partial charge on any atom is -0.472 e. The van der Waals surface area contributed by atoms with Crippen molar-refractivity contribution in [2.24, 2.45) is 23.7 Å². The number of rotatable bonds is 16. The first-order chi connectivity index (χ1) is 58.4. The van der Waals surface area contributed by atoms with E-state index in [1.807, 2.05) is 178 Å². The van der Waals surface area contributed by atoms with Gasteiger partial charge in [0.1, 0.15) is 35.8 Å². The molecule has 8 saturated heterocycles. The molecule has 0 radical (unpaired) electrons. The molecule has 19 heterocycles. The number of ether oxygens (including phenoxy) is 4. The Labute approximate surface area is 695 Å². The van der Waals surface area contributed by atoms with Crippen LogP contribution in [-0.2, 0) is 0 Å². The van der Waals surface area contributed by atoms with Gasteiger partial charge < -0.3 is 38.5 Å². The standard InChI is InChI=1S/C24H25N5O2.2C22H24N6O2.C22H23N5O2/c1-15-4-7-21(27-12-15)31-20-11-17-5-6-19(20)29(14-17)24(30)22-18(10-16(2)13-28-22)23-25-8-3-9-26-23;1-14-3-8-20(23-12-14)30-19-11-16-5-7-17(19)27(13-16)22(29)21-18(6-4-15(2)26-21)28-24-9-10-25-28;1-14-3-6-20(23-11-14)30-19-10-16-4-5-18(19)27(13-16)22(29)17-9-15(2)12-24-21(17)28-25-7-8-26-28;1-15-6-9-21(23-13-15)29-20-12-16-7-8-19(20)26(14-16)22(28)17-4-2-3-5-18(17)27-24-10-11-25-27/h3-4,7-10,12-13,17,19-20H,5-6,11,14H2,1-2H3;3-4,6,8-10,12,16-17,19H,5,7,11,13H2,1-2H3;3,6-9,11-12,16,18-19H,4-5,10,13H2,1-2H3;2-6,9-11,13,16,19-20H,7-8,12,14H2,1H3. The average Bonchev–Trinajstić information content (AvgIpc) is 0.943. The van der Waals surface area contributed by atoms with Gasteiger partial charge in [-0.05, 0) is 225 Å². The molecule has 614 valence electrons. The summed E-state index contributed by atoms with van der Waals surface area (Å²) in [7, 11) is 0. The number of hydrogen-bond donors (Lipinski definition) is 0. The number of aryl methyl sites for hydroxylation is 7. The Morgan fingerprint density at radius 3 is 1.12 bits per heavy atom. The SMILES string of the molecule is Cc1ccc(OC2CC3CCC2N(C(=O)c2cc(C)cnc2-n2nccn2)C3)nc1.Cc1ccc(OC2CC3CCC2N(C(=O)c2ccccc2-n2nccn2)C3)nc1.Cc1ccc(OC2CC3CCC2N(C(=O)c2nc(C)ccc2-n2nccn2)C3)nc1.Cc1ccc(OC2CC3CCC2N(C(=O)c2ncc(C)cc2-c2ncccn2)C3)nc1. The summed E-state index contributed by atoms with van der Waals surface area (Å²) in [4.78, 5) is 106. The van der Waals surface area contributed by atoms with Crippen LogP contribution in [0.4, 0.5) is 0 Å². The van der Waals surface area contributed by atoms with Gasteiger partial charge in [-0.1, -0.05) is 36.4 Å². The molecule has 12 atom stereocenters. The zero-order chi connectivity index (χ0) is 82.5. The van der Waals surface area contributed by atoms with Crippen LogP contribution in [0.25, 0.3) is 28.6 Å². The predicted molar refractivity (Wildman–Crippen MR) is 441 cm³/mol. The van der Waals surface area contributed by atoms with Gasteiger partial charge in [-0.15, -0.1) is 9.59 Å². The third-order valence-electron chi connectivity index (χ3n) is 24.0. The zero-order valence-electron chi connectivity index (χ0n) is 68.2. The van der Waals surface area contributed by atoms with Crippen molar-refractivity contribution in [3.05, 3.63) is 251 Å². The lowest BCUT2D eigenvalue weighted by Crippen LogP contribution is -2.59. The summed E-state index contributed by atoms with van der Waals surface area (Å²) in [6, 6.07) is 32.4. The molecule has 4 aliphatic carbocycles. The Morgan fingerprint density at radius 2 is 0.700 bits per heavy atom. The van der Waals surface area contributed by atoms with Crippen molar-refractivity contribution in [3.63, 3.8) is 0 Å². The molecule has 30 nitrogen and oxygen atoms in total. The molecule has 0 spiro atoms. The predicted octanol–water partition coefficient (Wildman–Crippen LogP) is 12.2. The van der Waals surface area contributed by atoms with E-state index >= 15 is 0 Å². The van der Waals surface area contributed by atoms with Gasteiger partial charge in [0.2, 0.25) is 23.5 Å². The fourth-order valence-electron chi connectivity index (χ4n) is 18.2. The van der Waals surface area contributed by atoms with Crippen LogP contribution >= 0.6 is 0 Å². The van der Waals surface area contributed by atoms with Crippen molar-refractivity contribution in [1.82, 2.24) is 109 Å². The summed E-state index contributed by atoms with van der Waals surface area (Å²) < 4.78 is 24.9. The number of benzene rings is 1. The zero-order valence-corrected chi connectivity index (χ0v) is 68.2. The van der Waals surface area contributed by atoms with Gasteiger partial charge in [-0.25, -0.2) is 39.9 Å². The summed E-state index contributed by atoms with van der Waals surface area (Å²) in [6.45, 7) is 16.7. The van der Waals surface area contributed by atoms with E-state index in [0.29, 0.717) is 98.3 Å². The van der Waals surface area contributed by atoms with E-state index in [1.165, 1.54) is 14.4 Å². The maximum atomic E-state index is 13.7. The van der Waals surface area contributed by atoms with Gasteiger partial charge in [0, 0.05) is 106 Å².